The van der Waals surface area contributed by atoms with Crippen molar-refractivity contribution >= 4 is 5.91 Å². The van der Waals surface area contributed by atoms with E-state index in [4.69, 9.17) is 0 Å². The average Bonchev–Trinajstić information content (AvgIpc) is 2.19. The molecule has 0 aromatic carbocycles. The number of rotatable bonds is 1. The number of aliphatic hydroxyl groups excluding tert-OH is 3. The van der Waals surface area contributed by atoms with Gasteiger partial charge >= 0.3 is 0 Å². The minimum Gasteiger partial charge on any atom is -0.390 e. The molecule has 5 atom stereocenters. The first-order valence-electron chi connectivity index (χ1n) is 4.74. The van der Waals surface area contributed by atoms with Gasteiger partial charge in [0.1, 0.15) is 6.10 Å². The lowest BCUT2D eigenvalue weighted by molar-refractivity contribution is -0.153. The van der Waals surface area contributed by atoms with Crippen LogP contribution in [0.4, 0.5) is 0 Å². The summed E-state index contributed by atoms with van der Waals surface area (Å²) in [5, 5.41) is 30.9. The van der Waals surface area contributed by atoms with Gasteiger partial charge in [-0.3, -0.25) is 4.79 Å². The quantitative estimate of drug-likeness (QED) is 0.416. The molecule has 1 aliphatic carbocycles. The highest BCUT2D eigenvalue weighted by atomic mass is 16.4. The number of carbonyl (C=O) groups is 1. The summed E-state index contributed by atoms with van der Waals surface area (Å²) in [5.74, 6) is -1.11. The summed E-state index contributed by atoms with van der Waals surface area (Å²) >= 11 is 0. The number of hydrogen-bond donors (Lipinski definition) is 4. The molecule has 0 bridgehead atoms. The summed E-state index contributed by atoms with van der Waals surface area (Å²) in [6.07, 6.45) is -2.98. The number of amides is 1. The third kappa shape index (κ3) is 1.89. The van der Waals surface area contributed by atoms with E-state index in [1.807, 2.05) is 0 Å². The van der Waals surface area contributed by atoms with Crippen molar-refractivity contribution in [1.29, 1.82) is 0 Å². The van der Waals surface area contributed by atoms with Crippen LogP contribution in [0.15, 0.2) is 0 Å². The number of carbonyl (C=O) groups excluding carboxylic acids is 1. The second-order valence-corrected chi connectivity index (χ2v) is 3.91. The molecule has 1 fully saturated rings. The smallest absolute Gasteiger partial charge is 0.225 e. The van der Waals surface area contributed by atoms with Crippen molar-refractivity contribution in [3.8, 4) is 0 Å². The summed E-state index contributed by atoms with van der Waals surface area (Å²) in [5.41, 5.74) is 0. The van der Waals surface area contributed by atoms with Crippen LogP contribution in [0, 0.1) is 11.8 Å². The minimum atomic E-state index is -1.24. The third-order valence-corrected chi connectivity index (χ3v) is 2.90. The summed E-state index contributed by atoms with van der Waals surface area (Å²) in [6, 6.07) is 0. The highest BCUT2D eigenvalue weighted by Crippen LogP contribution is 2.29. The van der Waals surface area contributed by atoms with E-state index in [9.17, 15) is 20.1 Å². The van der Waals surface area contributed by atoms with Gasteiger partial charge in [0.15, 0.2) is 0 Å². The zero-order valence-corrected chi connectivity index (χ0v) is 8.34. The number of aliphatic hydroxyl groups is 3. The number of hydrogen-bond acceptors (Lipinski definition) is 4. The fraction of sp³-hybridized carbons (Fsp3) is 0.889. The van der Waals surface area contributed by atoms with Gasteiger partial charge in [-0.2, -0.15) is 0 Å². The van der Waals surface area contributed by atoms with Crippen molar-refractivity contribution in [2.45, 2.75) is 31.7 Å². The van der Waals surface area contributed by atoms with Gasteiger partial charge in [-0.1, -0.05) is 6.92 Å². The molecular weight excluding hydrogens is 186 g/mol. The Morgan fingerprint density at radius 2 is 1.79 bits per heavy atom. The summed E-state index contributed by atoms with van der Waals surface area (Å²) < 4.78 is 0. The fourth-order valence-electron chi connectivity index (χ4n) is 1.90. The van der Waals surface area contributed by atoms with Gasteiger partial charge in [-0.15, -0.1) is 0 Å². The normalized spacial score (nSPS) is 43.4. The Balaban J connectivity index is 2.75. The van der Waals surface area contributed by atoms with E-state index in [0.29, 0.717) is 6.42 Å². The highest BCUT2D eigenvalue weighted by molar-refractivity contribution is 5.79. The van der Waals surface area contributed by atoms with E-state index in [1.165, 1.54) is 7.05 Å². The topological polar surface area (TPSA) is 89.8 Å². The Bertz CT molecular complexity index is 221. The maximum atomic E-state index is 11.3. The average molecular weight is 203 g/mol. The van der Waals surface area contributed by atoms with E-state index < -0.39 is 24.2 Å². The molecule has 1 aliphatic rings. The van der Waals surface area contributed by atoms with Gasteiger partial charge in [0.05, 0.1) is 18.1 Å². The SMILES string of the molecule is CNC(=O)[C@H]1C[C@H](C)[C@H](O)[C@@H](O)[C@H]1O. The monoisotopic (exact) mass is 203 g/mol. The molecule has 0 radical (unpaired) electrons. The zero-order valence-electron chi connectivity index (χ0n) is 8.34. The molecule has 5 nitrogen and oxygen atoms in total. The molecule has 5 heteroatoms. The molecule has 0 aromatic heterocycles. The predicted octanol–water partition coefficient (Wildman–Crippen LogP) is -1.53. The molecule has 1 amide bonds. The van der Waals surface area contributed by atoms with Crippen molar-refractivity contribution in [2.75, 3.05) is 7.05 Å². The Kier molecular flexibility index (Phi) is 3.47. The van der Waals surface area contributed by atoms with Crippen molar-refractivity contribution in [3.63, 3.8) is 0 Å². The van der Waals surface area contributed by atoms with Gasteiger partial charge in [0.2, 0.25) is 5.91 Å². The van der Waals surface area contributed by atoms with Gasteiger partial charge in [0, 0.05) is 7.05 Å². The lowest BCUT2D eigenvalue weighted by atomic mass is 9.76. The van der Waals surface area contributed by atoms with Crippen LogP contribution in [-0.4, -0.2) is 46.6 Å². The molecule has 0 saturated heterocycles. The highest BCUT2D eigenvalue weighted by Gasteiger charge is 2.43. The fourth-order valence-corrected chi connectivity index (χ4v) is 1.90. The molecule has 0 aliphatic heterocycles. The first-order chi connectivity index (χ1) is 6.49. The number of nitrogens with one attached hydrogen (secondary N) is 1. The van der Waals surface area contributed by atoms with Crippen LogP contribution in [0.5, 0.6) is 0 Å². The Morgan fingerprint density at radius 3 is 2.29 bits per heavy atom. The van der Waals surface area contributed by atoms with Gasteiger partial charge in [-0.05, 0) is 12.3 Å². The van der Waals surface area contributed by atoms with E-state index in [0.717, 1.165) is 0 Å². The van der Waals surface area contributed by atoms with Gasteiger partial charge < -0.3 is 20.6 Å². The van der Waals surface area contributed by atoms with Crippen LogP contribution < -0.4 is 5.32 Å². The van der Waals surface area contributed by atoms with Gasteiger partial charge in [0.25, 0.3) is 0 Å². The van der Waals surface area contributed by atoms with Crippen LogP contribution >= 0.6 is 0 Å². The van der Waals surface area contributed by atoms with E-state index in [2.05, 4.69) is 5.32 Å². The minimum absolute atomic E-state index is 0.185. The third-order valence-electron chi connectivity index (χ3n) is 2.90. The molecule has 0 aromatic rings. The predicted molar refractivity (Wildman–Crippen MR) is 49.4 cm³/mol. The molecule has 0 heterocycles. The maximum Gasteiger partial charge on any atom is 0.225 e. The van der Waals surface area contributed by atoms with E-state index in [1.54, 1.807) is 6.92 Å². The van der Waals surface area contributed by atoms with Crippen LogP contribution in [0.2, 0.25) is 0 Å². The molecule has 82 valence electrons. The first kappa shape index (κ1) is 11.4. The summed E-state index contributed by atoms with van der Waals surface area (Å²) in [6.45, 7) is 1.75. The molecule has 0 unspecified atom stereocenters. The van der Waals surface area contributed by atoms with Crippen LogP contribution in [0.3, 0.4) is 0 Å². The Labute approximate surface area is 82.7 Å². The van der Waals surface area contributed by atoms with Crippen molar-refractivity contribution < 1.29 is 20.1 Å². The first-order valence-corrected chi connectivity index (χ1v) is 4.74. The zero-order chi connectivity index (χ0) is 10.9. The van der Waals surface area contributed by atoms with Crippen LogP contribution in [0.1, 0.15) is 13.3 Å². The molecule has 0 spiro atoms. The Hall–Kier alpha value is -0.650. The van der Waals surface area contributed by atoms with Crippen molar-refractivity contribution in [2.24, 2.45) is 11.8 Å². The van der Waals surface area contributed by atoms with Crippen molar-refractivity contribution in [3.05, 3.63) is 0 Å². The molecular formula is C9H17NO4. The Morgan fingerprint density at radius 1 is 1.21 bits per heavy atom. The lowest BCUT2D eigenvalue weighted by Crippen LogP contribution is -2.54. The summed E-state index contributed by atoms with van der Waals surface area (Å²) in [7, 11) is 1.48. The van der Waals surface area contributed by atoms with Crippen molar-refractivity contribution in [1.82, 2.24) is 5.32 Å². The van der Waals surface area contributed by atoms with Crippen LogP contribution in [-0.2, 0) is 4.79 Å². The largest absolute Gasteiger partial charge is 0.390 e. The standard InChI is InChI=1S/C9H17NO4/c1-4-3-5(9(14)10-2)7(12)8(13)6(4)11/h4-8,11-13H,3H2,1-2H3,(H,10,14)/t4-,5-,6-,7-,8+/m0/s1. The molecule has 1 saturated carbocycles. The van der Waals surface area contributed by atoms with Gasteiger partial charge in [-0.25, -0.2) is 0 Å². The van der Waals surface area contributed by atoms with E-state index in [-0.39, 0.29) is 11.8 Å². The molecule has 14 heavy (non-hydrogen) atoms. The maximum absolute atomic E-state index is 11.3. The molecule has 4 N–H and O–H groups in total. The second kappa shape index (κ2) is 4.25. The summed E-state index contributed by atoms with van der Waals surface area (Å²) in [4.78, 5) is 11.3. The lowest BCUT2D eigenvalue weighted by Gasteiger charge is -2.38. The van der Waals surface area contributed by atoms with Crippen LogP contribution in [0.25, 0.3) is 0 Å². The second-order valence-electron chi connectivity index (χ2n) is 3.91. The van der Waals surface area contributed by atoms with E-state index >= 15 is 0 Å². The molecule has 1 rings (SSSR count).